The van der Waals surface area contributed by atoms with Crippen molar-refractivity contribution in [3.05, 3.63) is 0 Å². The summed E-state index contributed by atoms with van der Waals surface area (Å²) in [6, 6.07) is 0.201. The summed E-state index contributed by atoms with van der Waals surface area (Å²) in [6.07, 6.45) is 1.82. The van der Waals surface area contributed by atoms with Gasteiger partial charge in [0, 0.05) is 38.6 Å². The second-order valence-electron chi connectivity index (χ2n) is 5.45. The summed E-state index contributed by atoms with van der Waals surface area (Å²) >= 11 is 0. The number of nitrogens with two attached hydrogens (primary N) is 1. The van der Waals surface area contributed by atoms with Gasteiger partial charge in [0.2, 0.25) is 5.91 Å². The molecular weight excluding hydrogens is 214 g/mol. The van der Waals surface area contributed by atoms with E-state index in [1.165, 1.54) is 6.42 Å². The molecule has 4 nitrogen and oxygen atoms in total. The highest BCUT2D eigenvalue weighted by Crippen LogP contribution is 2.23. The Kier molecular flexibility index (Phi) is 5.92. The van der Waals surface area contributed by atoms with Gasteiger partial charge in [0.05, 0.1) is 0 Å². The van der Waals surface area contributed by atoms with Gasteiger partial charge < -0.3 is 11.1 Å². The smallest absolute Gasteiger partial charge is 0.221 e. The lowest BCUT2D eigenvalue weighted by atomic mass is 9.90. The maximum Gasteiger partial charge on any atom is 0.221 e. The number of amides is 1. The summed E-state index contributed by atoms with van der Waals surface area (Å²) in [4.78, 5) is 14.0. The summed E-state index contributed by atoms with van der Waals surface area (Å²) in [5.41, 5.74) is 5.82. The molecule has 4 heteroatoms. The molecule has 0 saturated carbocycles. The van der Waals surface area contributed by atoms with E-state index in [-0.39, 0.29) is 11.9 Å². The van der Waals surface area contributed by atoms with Crippen LogP contribution in [0.5, 0.6) is 0 Å². The number of hydrogen-bond acceptors (Lipinski definition) is 3. The number of hydrogen-bond donors (Lipinski definition) is 2. The summed E-state index contributed by atoms with van der Waals surface area (Å²) in [7, 11) is 0. The highest BCUT2D eigenvalue weighted by atomic mass is 16.1. The van der Waals surface area contributed by atoms with E-state index in [2.05, 4.69) is 24.1 Å². The van der Waals surface area contributed by atoms with E-state index >= 15 is 0 Å². The van der Waals surface area contributed by atoms with Crippen molar-refractivity contribution in [1.82, 2.24) is 10.2 Å². The van der Waals surface area contributed by atoms with E-state index in [0.29, 0.717) is 31.3 Å². The predicted molar refractivity (Wildman–Crippen MR) is 70.7 cm³/mol. The zero-order chi connectivity index (χ0) is 12.8. The van der Waals surface area contributed by atoms with Crippen LogP contribution in [0.2, 0.25) is 0 Å². The van der Waals surface area contributed by atoms with Gasteiger partial charge in [0.1, 0.15) is 0 Å². The number of nitrogens with one attached hydrogen (secondary N) is 1. The Bertz CT molecular complexity index is 235. The molecule has 0 radical (unpaired) electrons. The van der Waals surface area contributed by atoms with E-state index in [9.17, 15) is 4.79 Å². The number of carbonyl (C=O) groups excluding carboxylic acids is 1. The van der Waals surface area contributed by atoms with Gasteiger partial charge >= 0.3 is 0 Å². The maximum atomic E-state index is 11.6. The molecular formula is C13H27N3O. The van der Waals surface area contributed by atoms with Gasteiger partial charge in [-0.25, -0.2) is 0 Å². The van der Waals surface area contributed by atoms with E-state index < -0.39 is 0 Å². The molecule has 0 aromatic heterocycles. The number of rotatable bonds is 5. The van der Waals surface area contributed by atoms with Crippen LogP contribution < -0.4 is 11.1 Å². The van der Waals surface area contributed by atoms with E-state index in [1.807, 2.05) is 6.92 Å². The minimum atomic E-state index is 0.119. The van der Waals surface area contributed by atoms with Crippen LogP contribution in [0.4, 0.5) is 0 Å². The Balaban J connectivity index is 2.51. The fourth-order valence-electron chi connectivity index (χ4n) is 2.85. The quantitative estimate of drug-likeness (QED) is 0.749. The van der Waals surface area contributed by atoms with Crippen molar-refractivity contribution < 1.29 is 4.79 Å². The number of likely N-dealkylation sites (tertiary alicyclic amines) is 1. The van der Waals surface area contributed by atoms with Crippen molar-refractivity contribution in [1.29, 1.82) is 0 Å². The van der Waals surface area contributed by atoms with Gasteiger partial charge in [0.25, 0.3) is 0 Å². The molecule has 1 saturated heterocycles. The van der Waals surface area contributed by atoms with E-state index in [1.54, 1.807) is 0 Å². The molecule has 1 amide bonds. The first kappa shape index (κ1) is 14.5. The average molecular weight is 241 g/mol. The molecule has 3 N–H and O–H groups in total. The van der Waals surface area contributed by atoms with Crippen molar-refractivity contribution in [2.24, 2.45) is 17.6 Å². The summed E-state index contributed by atoms with van der Waals surface area (Å²) < 4.78 is 0. The molecule has 100 valence electrons. The van der Waals surface area contributed by atoms with Crippen LogP contribution in [0.15, 0.2) is 0 Å². The van der Waals surface area contributed by atoms with Gasteiger partial charge in [-0.05, 0) is 25.2 Å². The zero-order valence-corrected chi connectivity index (χ0v) is 11.4. The Hall–Kier alpha value is -0.610. The topological polar surface area (TPSA) is 58.4 Å². The van der Waals surface area contributed by atoms with Gasteiger partial charge in [-0.1, -0.05) is 13.8 Å². The van der Waals surface area contributed by atoms with Crippen molar-refractivity contribution in [2.45, 2.75) is 39.7 Å². The monoisotopic (exact) mass is 241 g/mol. The molecule has 0 aliphatic carbocycles. The number of piperidine rings is 1. The highest BCUT2D eigenvalue weighted by Gasteiger charge is 2.27. The Morgan fingerprint density at radius 3 is 2.47 bits per heavy atom. The fraction of sp³-hybridized carbons (Fsp3) is 0.923. The fourth-order valence-corrected chi connectivity index (χ4v) is 2.85. The third-order valence-corrected chi connectivity index (χ3v) is 3.48. The molecule has 0 spiro atoms. The maximum absolute atomic E-state index is 11.6. The summed E-state index contributed by atoms with van der Waals surface area (Å²) in [6.45, 7) is 9.92. The van der Waals surface area contributed by atoms with Crippen LogP contribution in [-0.2, 0) is 4.79 Å². The SMILES string of the molecule is CCNC(=O)CC(CN)N1CC(C)CC(C)C1. The number of carbonyl (C=O) groups is 1. The van der Waals surface area contributed by atoms with Crippen LogP contribution in [0.1, 0.15) is 33.6 Å². The first-order chi connectivity index (χ1) is 8.06. The Morgan fingerprint density at radius 1 is 1.41 bits per heavy atom. The lowest BCUT2D eigenvalue weighted by molar-refractivity contribution is -0.122. The molecule has 1 rings (SSSR count). The standard InChI is InChI=1S/C13H27N3O/c1-4-15-13(17)6-12(7-14)16-8-10(2)5-11(3)9-16/h10-12H,4-9,14H2,1-3H3,(H,15,17). The molecule has 17 heavy (non-hydrogen) atoms. The van der Waals surface area contributed by atoms with Gasteiger partial charge in [-0.15, -0.1) is 0 Å². The largest absolute Gasteiger partial charge is 0.356 e. The highest BCUT2D eigenvalue weighted by molar-refractivity contribution is 5.76. The Labute approximate surface area is 105 Å². The predicted octanol–water partition coefficient (Wildman–Crippen LogP) is 0.818. The van der Waals surface area contributed by atoms with Crippen LogP contribution >= 0.6 is 0 Å². The van der Waals surface area contributed by atoms with Crippen molar-refractivity contribution >= 4 is 5.91 Å². The normalized spacial score (nSPS) is 27.8. The van der Waals surface area contributed by atoms with E-state index in [0.717, 1.165) is 13.1 Å². The Morgan fingerprint density at radius 2 is 2.00 bits per heavy atom. The third kappa shape index (κ3) is 4.64. The molecule has 1 aliphatic heterocycles. The van der Waals surface area contributed by atoms with Crippen molar-refractivity contribution in [2.75, 3.05) is 26.2 Å². The molecule has 3 atom stereocenters. The number of nitrogens with zero attached hydrogens (tertiary/aromatic N) is 1. The van der Waals surface area contributed by atoms with Crippen LogP contribution in [-0.4, -0.2) is 43.0 Å². The lowest BCUT2D eigenvalue weighted by Crippen LogP contribution is -2.49. The molecule has 3 unspecified atom stereocenters. The van der Waals surface area contributed by atoms with Crippen LogP contribution in [0, 0.1) is 11.8 Å². The molecule has 0 aromatic rings. The molecule has 1 fully saturated rings. The van der Waals surface area contributed by atoms with Gasteiger partial charge in [-0.2, -0.15) is 0 Å². The van der Waals surface area contributed by atoms with E-state index in [4.69, 9.17) is 5.73 Å². The third-order valence-electron chi connectivity index (χ3n) is 3.48. The van der Waals surface area contributed by atoms with Crippen LogP contribution in [0.3, 0.4) is 0 Å². The first-order valence-corrected chi connectivity index (χ1v) is 6.77. The second-order valence-corrected chi connectivity index (χ2v) is 5.45. The first-order valence-electron chi connectivity index (χ1n) is 6.77. The lowest BCUT2D eigenvalue weighted by Gasteiger charge is -2.39. The molecule has 1 aliphatic rings. The minimum Gasteiger partial charge on any atom is -0.356 e. The van der Waals surface area contributed by atoms with Crippen molar-refractivity contribution in [3.8, 4) is 0 Å². The molecule has 0 bridgehead atoms. The minimum absolute atomic E-state index is 0.119. The zero-order valence-electron chi connectivity index (χ0n) is 11.4. The van der Waals surface area contributed by atoms with Gasteiger partial charge in [0.15, 0.2) is 0 Å². The van der Waals surface area contributed by atoms with Crippen molar-refractivity contribution in [3.63, 3.8) is 0 Å². The molecule has 0 aromatic carbocycles. The van der Waals surface area contributed by atoms with Crippen LogP contribution in [0.25, 0.3) is 0 Å². The van der Waals surface area contributed by atoms with Gasteiger partial charge in [-0.3, -0.25) is 9.69 Å². The second kappa shape index (κ2) is 6.97. The molecule has 1 heterocycles. The summed E-state index contributed by atoms with van der Waals surface area (Å²) in [5, 5.41) is 2.85. The average Bonchev–Trinajstić information content (AvgIpc) is 2.24. The summed E-state index contributed by atoms with van der Waals surface area (Å²) in [5.74, 6) is 1.54.